The van der Waals surface area contributed by atoms with Crippen molar-refractivity contribution in [3.05, 3.63) is 24.5 Å². The first kappa shape index (κ1) is 10.5. The molecular formula is C11H13N3O2. The maximum Gasteiger partial charge on any atom is 0.323 e. The summed E-state index contributed by atoms with van der Waals surface area (Å²) in [5.41, 5.74) is 1.74. The summed E-state index contributed by atoms with van der Waals surface area (Å²) in [5.74, 6) is -0.844. The van der Waals surface area contributed by atoms with Gasteiger partial charge in [-0.25, -0.2) is 4.98 Å². The molecule has 5 heteroatoms. The summed E-state index contributed by atoms with van der Waals surface area (Å²) in [6, 6.07) is 3.77. The molecule has 16 heavy (non-hydrogen) atoms. The van der Waals surface area contributed by atoms with E-state index in [0.717, 1.165) is 16.7 Å². The zero-order valence-corrected chi connectivity index (χ0v) is 9.21. The number of hydrogen-bond donors (Lipinski definition) is 1. The number of aryl methyl sites for hydroxylation is 1. The Morgan fingerprint density at radius 2 is 2.31 bits per heavy atom. The Balaban J connectivity index is 2.48. The smallest absolute Gasteiger partial charge is 0.323 e. The van der Waals surface area contributed by atoms with Crippen LogP contribution in [0, 0.1) is 0 Å². The molecule has 0 aromatic carbocycles. The van der Waals surface area contributed by atoms with E-state index in [1.165, 1.54) is 0 Å². The van der Waals surface area contributed by atoms with Crippen molar-refractivity contribution in [3.63, 3.8) is 0 Å². The van der Waals surface area contributed by atoms with Crippen molar-refractivity contribution in [2.75, 3.05) is 18.5 Å². The number of pyridine rings is 1. The van der Waals surface area contributed by atoms with Crippen LogP contribution in [-0.4, -0.2) is 34.2 Å². The van der Waals surface area contributed by atoms with Crippen LogP contribution in [-0.2, 0) is 11.8 Å². The number of carbonyl (C=O) groups is 1. The highest BCUT2D eigenvalue weighted by Gasteiger charge is 2.10. The number of carboxylic acids is 1. The Bertz CT molecular complexity index is 533. The fourth-order valence-corrected chi connectivity index (χ4v) is 1.77. The minimum absolute atomic E-state index is 0.0198. The number of nitrogens with zero attached hydrogens (tertiary/aromatic N) is 3. The molecule has 0 aliphatic carbocycles. The third kappa shape index (κ3) is 1.71. The van der Waals surface area contributed by atoms with Crippen molar-refractivity contribution >= 4 is 22.7 Å². The molecule has 0 unspecified atom stereocenters. The van der Waals surface area contributed by atoms with Gasteiger partial charge in [0.15, 0.2) is 0 Å². The first-order valence-electron chi connectivity index (χ1n) is 4.92. The van der Waals surface area contributed by atoms with E-state index < -0.39 is 5.97 Å². The van der Waals surface area contributed by atoms with Crippen LogP contribution >= 0.6 is 0 Å². The van der Waals surface area contributed by atoms with E-state index in [-0.39, 0.29) is 6.54 Å². The van der Waals surface area contributed by atoms with Gasteiger partial charge in [0.2, 0.25) is 0 Å². The predicted octanol–water partition coefficient (Wildman–Crippen LogP) is 1.09. The van der Waals surface area contributed by atoms with Crippen molar-refractivity contribution in [1.29, 1.82) is 0 Å². The van der Waals surface area contributed by atoms with Gasteiger partial charge < -0.3 is 14.6 Å². The van der Waals surface area contributed by atoms with Gasteiger partial charge in [-0.3, -0.25) is 4.79 Å². The minimum atomic E-state index is -0.844. The van der Waals surface area contributed by atoms with E-state index in [1.54, 1.807) is 18.1 Å². The molecule has 0 amide bonds. The average Bonchev–Trinajstić information content (AvgIpc) is 2.59. The van der Waals surface area contributed by atoms with Crippen LogP contribution in [0.5, 0.6) is 0 Å². The van der Waals surface area contributed by atoms with Gasteiger partial charge in [0.1, 0.15) is 12.2 Å². The van der Waals surface area contributed by atoms with Crippen LogP contribution in [0.1, 0.15) is 0 Å². The van der Waals surface area contributed by atoms with E-state index in [9.17, 15) is 4.79 Å². The predicted molar refractivity (Wildman–Crippen MR) is 61.6 cm³/mol. The molecule has 0 spiro atoms. The summed E-state index contributed by atoms with van der Waals surface area (Å²) in [7, 11) is 3.67. The highest BCUT2D eigenvalue weighted by molar-refractivity contribution is 5.91. The number of hydrogen-bond acceptors (Lipinski definition) is 3. The standard InChI is InChI=1S/C11H13N3O2/c1-13-6-4-8-9(3-5-12-11(8)13)14(2)7-10(15)16/h3-6H,7H2,1-2H3,(H,15,16). The molecule has 0 saturated heterocycles. The van der Waals surface area contributed by atoms with Crippen LogP contribution in [0.4, 0.5) is 5.69 Å². The van der Waals surface area contributed by atoms with Crippen LogP contribution in [0.25, 0.3) is 11.0 Å². The molecule has 0 radical (unpaired) electrons. The number of carboxylic acid groups (broad SMARTS) is 1. The molecule has 0 saturated carbocycles. The van der Waals surface area contributed by atoms with E-state index in [4.69, 9.17) is 5.11 Å². The van der Waals surface area contributed by atoms with E-state index in [1.807, 2.05) is 29.9 Å². The summed E-state index contributed by atoms with van der Waals surface area (Å²) >= 11 is 0. The lowest BCUT2D eigenvalue weighted by atomic mass is 10.2. The second-order valence-corrected chi connectivity index (χ2v) is 3.74. The Kier molecular flexibility index (Phi) is 2.52. The molecule has 2 aromatic rings. The number of rotatable bonds is 3. The number of anilines is 1. The molecule has 0 aliphatic heterocycles. The fraction of sp³-hybridized carbons (Fsp3) is 0.273. The van der Waals surface area contributed by atoms with Gasteiger partial charge in [0.05, 0.1) is 0 Å². The van der Waals surface area contributed by atoms with Crippen LogP contribution in [0.3, 0.4) is 0 Å². The number of fused-ring (bicyclic) bond motifs is 1. The van der Waals surface area contributed by atoms with Gasteiger partial charge in [-0.2, -0.15) is 0 Å². The van der Waals surface area contributed by atoms with Gasteiger partial charge in [-0.15, -0.1) is 0 Å². The monoisotopic (exact) mass is 219 g/mol. The Morgan fingerprint density at radius 3 is 3.00 bits per heavy atom. The van der Waals surface area contributed by atoms with Gasteiger partial charge >= 0.3 is 5.97 Å². The lowest BCUT2D eigenvalue weighted by Gasteiger charge is -2.17. The zero-order valence-electron chi connectivity index (χ0n) is 9.21. The van der Waals surface area contributed by atoms with Gasteiger partial charge in [-0.05, 0) is 12.1 Å². The molecule has 84 valence electrons. The molecule has 5 nitrogen and oxygen atoms in total. The topological polar surface area (TPSA) is 58.4 Å². The normalized spacial score (nSPS) is 10.6. The molecule has 0 bridgehead atoms. The Morgan fingerprint density at radius 1 is 1.56 bits per heavy atom. The molecular weight excluding hydrogens is 206 g/mol. The van der Waals surface area contributed by atoms with Crippen LogP contribution in [0.15, 0.2) is 24.5 Å². The van der Waals surface area contributed by atoms with Gasteiger partial charge in [0, 0.05) is 37.6 Å². The summed E-state index contributed by atoms with van der Waals surface area (Å²) < 4.78 is 1.91. The maximum atomic E-state index is 10.7. The number of aliphatic carboxylic acids is 1. The SMILES string of the molecule is CN(CC(=O)O)c1ccnc2c1ccn2C. The zero-order chi connectivity index (χ0) is 11.7. The molecule has 0 atom stereocenters. The third-order valence-corrected chi connectivity index (χ3v) is 2.53. The van der Waals surface area contributed by atoms with E-state index >= 15 is 0 Å². The van der Waals surface area contributed by atoms with Crippen molar-refractivity contribution in [1.82, 2.24) is 9.55 Å². The van der Waals surface area contributed by atoms with E-state index in [2.05, 4.69) is 4.98 Å². The van der Waals surface area contributed by atoms with Crippen LogP contribution in [0.2, 0.25) is 0 Å². The molecule has 2 rings (SSSR count). The largest absolute Gasteiger partial charge is 0.480 e. The Hall–Kier alpha value is -2.04. The number of likely N-dealkylation sites (N-methyl/N-ethyl adjacent to an activating group) is 1. The van der Waals surface area contributed by atoms with Crippen LogP contribution < -0.4 is 4.90 Å². The highest BCUT2D eigenvalue weighted by Crippen LogP contribution is 2.24. The van der Waals surface area contributed by atoms with E-state index in [0.29, 0.717) is 0 Å². The quantitative estimate of drug-likeness (QED) is 0.839. The third-order valence-electron chi connectivity index (χ3n) is 2.53. The highest BCUT2D eigenvalue weighted by atomic mass is 16.4. The second kappa shape index (κ2) is 3.84. The molecule has 0 aliphatic rings. The molecule has 2 heterocycles. The molecule has 0 fully saturated rings. The molecule has 2 aromatic heterocycles. The lowest BCUT2D eigenvalue weighted by Crippen LogP contribution is -2.25. The summed E-state index contributed by atoms with van der Waals surface area (Å²) in [6.07, 6.45) is 3.60. The number of aromatic nitrogens is 2. The average molecular weight is 219 g/mol. The van der Waals surface area contributed by atoms with Gasteiger partial charge in [0.25, 0.3) is 0 Å². The summed E-state index contributed by atoms with van der Waals surface area (Å²) in [4.78, 5) is 16.6. The van der Waals surface area contributed by atoms with Crippen molar-refractivity contribution < 1.29 is 9.90 Å². The summed E-state index contributed by atoms with van der Waals surface area (Å²) in [5, 5.41) is 9.73. The van der Waals surface area contributed by atoms with Gasteiger partial charge in [-0.1, -0.05) is 0 Å². The first-order valence-corrected chi connectivity index (χ1v) is 4.92. The first-order chi connectivity index (χ1) is 7.59. The summed E-state index contributed by atoms with van der Waals surface area (Å²) in [6.45, 7) is -0.0198. The second-order valence-electron chi connectivity index (χ2n) is 3.74. The Labute approximate surface area is 92.9 Å². The lowest BCUT2D eigenvalue weighted by molar-refractivity contribution is -0.135. The fourth-order valence-electron chi connectivity index (χ4n) is 1.77. The van der Waals surface area contributed by atoms with Crippen molar-refractivity contribution in [3.8, 4) is 0 Å². The van der Waals surface area contributed by atoms with Crippen molar-refractivity contribution in [2.45, 2.75) is 0 Å². The molecule has 1 N–H and O–H groups in total. The van der Waals surface area contributed by atoms with Crippen molar-refractivity contribution in [2.24, 2.45) is 7.05 Å². The maximum absolute atomic E-state index is 10.7. The minimum Gasteiger partial charge on any atom is -0.480 e.